The zero-order valence-electron chi connectivity index (χ0n) is 16.7. The Morgan fingerprint density at radius 1 is 0.935 bits per heavy atom. The molecule has 2 aliphatic rings. The number of hydrogen-bond acceptors (Lipinski definition) is 5. The standard InChI is InChI=1S/C25H20N4OS/c26-24-23(31-25(30)27-24)15-17-11-13-20(14-12-17)29-22(19-9-5-2-6-10-19)16-21(28-29)18-7-3-1-4-8-18/h1-15,22H,16H2,(H2,26,27,30)/b23-15-/t22-/m1/s1. The van der Waals surface area contributed by atoms with Crippen LogP contribution < -0.4 is 10.7 Å². The maximum Gasteiger partial charge on any atom is 0.311 e. The number of aliphatic imine (C=N–C) groups is 1. The normalized spacial score (nSPS) is 19.6. The molecule has 152 valence electrons. The van der Waals surface area contributed by atoms with Gasteiger partial charge in [0, 0.05) is 6.42 Å². The summed E-state index contributed by atoms with van der Waals surface area (Å²) < 4.78 is 0. The smallest absolute Gasteiger partial charge is 0.311 e. The Labute approximate surface area is 185 Å². The number of hydrogen-bond donors (Lipinski definition) is 1. The first-order valence-corrected chi connectivity index (χ1v) is 10.8. The lowest BCUT2D eigenvalue weighted by Gasteiger charge is -2.24. The Morgan fingerprint density at radius 3 is 2.26 bits per heavy atom. The van der Waals surface area contributed by atoms with E-state index in [-0.39, 0.29) is 17.1 Å². The molecule has 0 aromatic heterocycles. The van der Waals surface area contributed by atoms with E-state index in [0.29, 0.717) is 4.91 Å². The van der Waals surface area contributed by atoms with Crippen molar-refractivity contribution in [2.45, 2.75) is 12.5 Å². The summed E-state index contributed by atoms with van der Waals surface area (Å²) in [7, 11) is 0. The van der Waals surface area contributed by atoms with Crippen molar-refractivity contribution in [1.82, 2.24) is 0 Å². The van der Waals surface area contributed by atoms with Gasteiger partial charge in [-0.25, -0.2) is 0 Å². The molecule has 3 aromatic rings. The van der Waals surface area contributed by atoms with Crippen molar-refractivity contribution in [3.05, 3.63) is 107 Å². The van der Waals surface area contributed by atoms with E-state index in [0.717, 1.165) is 40.7 Å². The molecule has 2 aliphatic heterocycles. The number of benzene rings is 3. The molecule has 0 bridgehead atoms. The topological polar surface area (TPSA) is 71.0 Å². The number of carbonyl (C=O) groups is 1. The van der Waals surface area contributed by atoms with Crippen LogP contribution in [0, 0.1) is 0 Å². The van der Waals surface area contributed by atoms with Crippen molar-refractivity contribution >= 4 is 40.3 Å². The third-order valence-corrected chi connectivity index (χ3v) is 6.13. The molecule has 0 aliphatic carbocycles. The van der Waals surface area contributed by atoms with Gasteiger partial charge in [-0.1, -0.05) is 72.8 Å². The Balaban J connectivity index is 1.47. The largest absolute Gasteiger partial charge is 0.383 e. The van der Waals surface area contributed by atoms with Gasteiger partial charge in [-0.2, -0.15) is 10.1 Å². The summed E-state index contributed by atoms with van der Waals surface area (Å²) in [4.78, 5) is 15.9. The van der Waals surface area contributed by atoms with E-state index in [1.807, 2.05) is 42.5 Å². The van der Waals surface area contributed by atoms with Crippen LogP contribution in [0.1, 0.15) is 29.2 Å². The summed E-state index contributed by atoms with van der Waals surface area (Å²) in [6.45, 7) is 0. The molecule has 0 fully saturated rings. The van der Waals surface area contributed by atoms with Gasteiger partial charge in [0.15, 0.2) is 0 Å². The second-order valence-electron chi connectivity index (χ2n) is 7.35. The summed E-state index contributed by atoms with van der Waals surface area (Å²) in [5.41, 5.74) is 11.2. The number of thioether (sulfide) groups is 1. The van der Waals surface area contributed by atoms with Crippen LogP contribution in [0.25, 0.3) is 6.08 Å². The van der Waals surface area contributed by atoms with Crippen molar-refractivity contribution in [2.75, 3.05) is 5.01 Å². The number of rotatable bonds is 4. The molecule has 5 rings (SSSR count). The van der Waals surface area contributed by atoms with Gasteiger partial charge >= 0.3 is 5.24 Å². The summed E-state index contributed by atoms with van der Waals surface area (Å²) in [6, 6.07) is 29.0. The molecule has 1 amide bonds. The van der Waals surface area contributed by atoms with Crippen LogP contribution in [0.5, 0.6) is 0 Å². The van der Waals surface area contributed by atoms with E-state index >= 15 is 0 Å². The third kappa shape index (κ3) is 4.02. The zero-order chi connectivity index (χ0) is 21.2. The molecule has 0 saturated heterocycles. The average Bonchev–Trinajstić information content (AvgIpc) is 3.39. The minimum absolute atomic E-state index is 0.131. The summed E-state index contributed by atoms with van der Waals surface area (Å²) in [5.74, 6) is 0.278. The zero-order valence-corrected chi connectivity index (χ0v) is 17.5. The van der Waals surface area contributed by atoms with Crippen LogP contribution in [-0.4, -0.2) is 16.8 Å². The minimum Gasteiger partial charge on any atom is -0.383 e. The van der Waals surface area contributed by atoms with E-state index < -0.39 is 0 Å². The van der Waals surface area contributed by atoms with Crippen molar-refractivity contribution in [2.24, 2.45) is 15.8 Å². The Kier molecular flexibility index (Phi) is 5.14. The van der Waals surface area contributed by atoms with E-state index in [1.165, 1.54) is 5.56 Å². The van der Waals surface area contributed by atoms with Crippen molar-refractivity contribution in [3.8, 4) is 0 Å². The molecule has 31 heavy (non-hydrogen) atoms. The minimum atomic E-state index is -0.272. The molecule has 2 heterocycles. The van der Waals surface area contributed by atoms with Crippen LogP contribution in [0.2, 0.25) is 0 Å². The molecule has 3 aromatic carbocycles. The predicted octanol–water partition coefficient (Wildman–Crippen LogP) is 5.61. The fraction of sp³-hybridized carbons (Fsp3) is 0.0800. The lowest BCUT2D eigenvalue weighted by molar-refractivity contribution is 0.268. The van der Waals surface area contributed by atoms with E-state index in [1.54, 1.807) is 0 Å². The lowest BCUT2D eigenvalue weighted by Crippen LogP contribution is -2.18. The number of nitrogens with zero attached hydrogens (tertiary/aromatic N) is 3. The fourth-order valence-electron chi connectivity index (χ4n) is 3.79. The number of amides is 1. The number of carbonyl (C=O) groups excluding carboxylic acids is 1. The molecule has 2 N–H and O–H groups in total. The van der Waals surface area contributed by atoms with Gasteiger partial charge in [-0.3, -0.25) is 9.80 Å². The molecule has 0 radical (unpaired) electrons. The fourth-order valence-corrected chi connectivity index (χ4v) is 4.47. The van der Waals surface area contributed by atoms with Gasteiger partial charge in [0.1, 0.15) is 5.84 Å². The highest BCUT2D eigenvalue weighted by Gasteiger charge is 2.29. The molecule has 0 saturated carbocycles. The van der Waals surface area contributed by atoms with Crippen molar-refractivity contribution in [3.63, 3.8) is 0 Å². The van der Waals surface area contributed by atoms with Gasteiger partial charge < -0.3 is 5.73 Å². The first-order valence-electron chi connectivity index (χ1n) is 10.0. The van der Waals surface area contributed by atoms with Crippen LogP contribution >= 0.6 is 11.8 Å². The van der Waals surface area contributed by atoms with Gasteiger partial charge in [0.2, 0.25) is 0 Å². The van der Waals surface area contributed by atoms with Crippen LogP contribution in [-0.2, 0) is 0 Å². The maximum absolute atomic E-state index is 11.4. The predicted molar refractivity (Wildman–Crippen MR) is 128 cm³/mol. The van der Waals surface area contributed by atoms with Gasteiger partial charge in [-0.05, 0) is 46.7 Å². The monoisotopic (exact) mass is 424 g/mol. The molecular weight excluding hydrogens is 404 g/mol. The van der Waals surface area contributed by atoms with Gasteiger partial charge in [0.05, 0.1) is 22.3 Å². The third-order valence-electron chi connectivity index (χ3n) is 5.32. The summed E-state index contributed by atoms with van der Waals surface area (Å²) in [5, 5.41) is 6.81. The lowest BCUT2D eigenvalue weighted by atomic mass is 9.98. The summed E-state index contributed by atoms with van der Waals surface area (Å²) >= 11 is 1.05. The molecule has 0 spiro atoms. The van der Waals surface area contributed by atoms with Crippen molar-refractivity contribution in [1.29, 1.82) is 0 Å². The number of amidine groups is 1. The highest BCUT2D eigenvalue weighted by Crippen LogP contribution is 2.37. The first kappa shape index (κ1) is 19.3. The van der Waals surface area contributed by atoms with E-state index in [9.17, 15) is 4.79 Å². The highest BCUT2D eigenvalue weighted by molar-refractivity contribution is 8.18. The Hall–Kier alpha value is -3.64. The van der Waals surface area contributed by atoms with E-state index in [2.05, 4.69) is 58.5 Å². The number of nitrogens with two attached hydrogens (primary N) is 1. The number of anilines is 1. The highest BCUT2D eigenvalue weighted by atomic mass is 32.2. The quantitative estimate of drug-likeness (QED) is 0.591. The van der Waals surface area contributed by atoms with Gasteiger partial charge in [0.25, 0.3) is 0 Å². The Bertz CT molecular complexity index is 1200. The van der Waals surface area contributed by atoms with Crippen LogP contribution in [0.4, 0.5) is 10.5 Å². The Morgan fingerprint density at radius 2 is 1.61 bits per heavy atom. The van der Waals surface area contributed by atoms with Crippen molar-refractivity contribution < 1.29 is 4.79 Å². The van der Waals surface area contributed by atoms with Crippen LogP contribution in [0.15, 0.2) is 99.9 Å². The number of hydrazone groups is 1. The maximum atomic E-state index is 11.4. The molecular formula is C25H20N4OS. The second kappa shape index (κ2) is 8.24. The van der Waals surface area contributed by atoms with Crippen LogP contribution in [0.3, 0.4) is 0 Å². The van der Waals surface area contributed by atoms with Gasteiger partial charge in [-0.15, -0.1) is 0 Å². The van der Waals surface area contributed by atoms with E-state index in [4.69, 9.17) is 10.8 Å². The molecule has 5 nitrogen and oxygen atoms in total. The molecule has 6 heteroatoms. The summed E-state index contributed by atoms with van der Waals surface area (Å²) in [6.07, 6.45) is 2.72. The molecule has 1 atom stereocenters. The average molecular weight is 425 g/mol. The SMILES string of the molecule is NC1=NC(=O)S/C1=C\c1ccc(N2N=C(c3ccccc3)C[C@@H]2c2ccccc2)cc1. The molecule has 0 unspecified atom stereocenters. The second-order valence-corrected chi connectivity index (χ2v) is 8.35. The first-order chi connectivity index (χ1) is 15.2.